The summed E-state index contributed by atoms with van der Waals surface area (Å²) in [4.78, 5) is 14.4. The molecule has 0 aliphatic rings. The molecule has 0 spiro atoms. The van der Waals surface area contributed by atoms with Crippen LogP contribution < -0.4 is 5.32 Å². The number of aromatic nitrogens is 4. The van der Waals surface area contributed by atoms with E-state index in [0.29, 0.717) is 10.8 Å². The number of thiophene rings is 1. The van der Waals surface area contributed by atoms with Crippen LogP contribution in [0.5, 0.6) is 0 Å². The molecule has 2 heterocycles. The maximum atomic E-state index is 12.1. The highest BCUT2D eigenvalue weighted by molar-refractivity contribution is 7.10. The lowest BCUT2D eigenvalue weighted by molar-refractivity contribution is -0.122. The molecule has 2 aromatic heterocycles. The second-order valence-corrected chi connectivity index (χ2v) is 6.37. The maximum absolute atomic E-state index is 12.1. The van der Waals surface area contributed by atoms with Crippen molar-refractivity contribution >= 4 is 28.8 Å². The highest BCUT2D eigenvalue weighted by Gasteiger charge is 2.13. The highest BCUT2D eigenvalue weighted by atomic mass is 35.5. The van der Waals surface area contributed by atoms with Crippen molar-refractivity contribution in [1.82, 2.24) is 25.5 Å². The molecule has 0 saturated heterocycles. The molecule has 0 aliphatic carbocycles. The number of hydrogen-bond acceptors (Lipinski definition) is 5. The molecule has 23 heavy (non-hydrogen) atoms. The molecule has 6 nitrogen and oxygen atoms in total. The molecule has 0 radical (unpaired) electrons. The second-order valence-electron chi connectivity index (χ2n) is 4.95. The standard InChI is InChI=1S/C15H14ClN5OS/c1-10(13-3-2-8-23-13)17-14(22)9-21-19-15(18-20-21)11-4-6-12(16)7-5-11/h2-8,10H,9H2,1H3,(H,17,22). The zero-order valence-corrected chi connectivity index (χ0v) is 13.9. The van der Waals surface area contributed by atoms with Crippen LogP contribution in [0.25, 0.3) is 11.4 Å². The van der Waals surface area contributed by atoms with E-state index in [1.165, 1.54) is 4.80 Å². The number of tetrazole rings is 1. The van der Waals surface area contributed by atoms with E-state index in [0.717, 1.165) is 10.4 Å². The van der Waals surface area contributed by atoms with E-state index in [4.69, 9.17) is 11.6 Å². The molecule has 1 aromatic carbocycles. The number of nitrogens with zero attached hydrogens (tertiary/aromatic N) is 4. The summed E-state index contributed by atoms with van der Waals surface area (Å²) in [6.45, 7) is 1.97. The number of amides is 1. The molecule has 3 aromatic rings. The normalized spacial score (nSPS) is 12.1. The Balaban J connectivity index is 1.62. The van der Waals surface area contributed by atoms with Crippen molar-refractivity contribution in [1.29, 1.82) is 0 Å². The van der Waals surface area contributed by atoms with Crippen LogP contribution >= 0.6 is 22.9 Å². The van der Waals surface area contributed by atoms with Crippen molar-refractivity contribution in [3.8, 4) is 11.4 Å². The molecule has 0 saturated carbocycles. The number of halogens is 1. The molecular formula is C15H14ClN5OS. The predicted octanol–water partition coefficient (Wildman–Crippen LogP) is 2.93. The third-order valence-electron chi connectivity index (χ3n) is 3.19. The van der Waals surface area contributed by atoms with Gasteiger partial charge < -0.3 is 5.32 Å². The summed E-state index contributed by atoms with van der Waals surface area (Å²) in [5, 5.41) is 17.6. The fourth-order valence-electron chi connectivity index (χ4n) is 2.05. The first-order valence-corrected chi connectivity index (χ1v) is 8.24. The molecule has 1 amide bonds. The van der Waals surface area contributed by atoms with Gasteiger partial charge in [0.1, 0.15) is 6.54 Å². The van der Waals surface area contributed by atoms with E-state index < -0.39 is 0 Å². The van der Waals surface area contributed by atoms with E-state index in [1.54, 1.807) is 23.5 Å². The van der Waals surface area contributed by atoms with Crippen LogP contribution in [0.2, 0.25) is 5.02 Å². The third-order valence-corrected chi connectivity index (χ3v) is 4.49. The lowest BCUT2D eigenvalue weighted by Crippen LogP contribution is -2.30. The van der Waals surface area contributed by atoms with Gasteiger partial charge in [-0.25, -0.2) is 0 Å². The summed E-state index contributed by atoms with van der Waals surface area (Å²) in [6.07, 6.45) is 0. The van der Waals surface area contributed by atoms with E-state index in [1.807, 2.05) is 36.6 Å². The molecule has 1 unspecified atom stereocenters. The number of hydrogen-bond donors (Lipinski definition) is 1. The SMILES string of the molecule is CC(NC(=O)Cn1nnc(-c2ccc(Cl)cc2)n1)c1cccs1. The summed E-state index contributed by atoms with van der Waals surface area (Å²) >= 11 is 7.46. The molecule has 0 bridgehead atoms. The lowest BCUT2D eigenvalue weighted by Gasteiger charge is -2.11. The Hall–Kier alpha value is -2.25. The summed E-state index contributed by atoms with van der Waals surface area (Å²) < 4.78 is 0. The third kappa shape index (κ3) is 3.94. The fraction of sp³-hybridized carbons (Fsp3) is 0.200. The van der Waals surface area contributed by atoms with Crippen LogP contribution in [-0.4, -0.2) is 26.1 Å². The van der Waals surface area contributed by atoms with Gasteiger partial charge in [-0.3, -0.25) is 4.79 Å². The molecule has 118 valence electrons. The largest absolute Gasteiger partial charge is 0.347 e. The van der Waals surface area contributed by atoms with Gasteiger partial charge in [0, 0.05) is 15.5 Å². The zero-order valence-electron chi connectivity index (χ0n) is 12.3. The second kappa shape index (κ2) is 6.89. The van der Waals surface area contributed by atoms with Crippen LogP contribution in [-0.2, 0) is 11.3 Å². The van der Waals surface area contributed by atoms with Crippen molar-refractivity contribution < 1.29 is 4.79 Å². The number of rotatable bonds is 5. The topological polar surface area (TPSA) is 72.7 Å². The average Bonchev–Trinajstić information content (AvgIpc) is 3.19. The van der Waals surface area contributed by atoms with Crippen molar-refractivity contribution in [3.05, 3.63) is 51.7 Å². The van der Waals surface area contributed by atoms with Gasteiger partial charge in [-0.1, -0.05) is 17.7 Å². The molecule has 3 rings (SSSR count). The monoisotopic (exact) mass is 347 g/mol. The smallest absolute Gasteiger partial charge is 0.244 e. The van der Waals surface area contributed by atoms with Crippen molar-refractivity contribution in [3.63, 3.8) is 0 Å². The Bertz CT molecular complexity index is 785. The minimum atomic E-state index is -0.161. The van der Waals surface area contributed by atoms with Crippen molar-refractivity contribution in [2.75, 3.05) is 0 Å². The highest BCUT2D eigenvalue weighted by Crippen LogP contribution is 2.18. The maximum Gasteiger partial charge on any atom is 0.244 e. The van der Waals surface area contributed by atoms with E-state index in [2.05, 4.69) is 20.7 Å². The van der Waals surface area contributed by atoms with E-state index in [-0.39, 0.29) is 18.5 Å². The van der Waals surface area contributed by atoms with Gasteiger partial charge in [0.25, 0.3) is 0 Å². The molecule has 0 fully saturated rings. The van der Waals surface area contributed by atoms with E-state index in [9.17, 15) is 4.79 Å². The van der Waals surface area contributed by atoms with Gasteiger partial charge in [-0.2, -0.15) is 4.80 Å². The number of nitrogens with one attached hydrogen (secondary N) is 1. The zero-order chi connectivity index (χ0) is 16.2. The minimum absolute atomic E-state index is 0.0241. The number of carbonyl (C=O) groups is 1. The Labute approximate surface area is 142 Å². The van der Waals surface area contributed by atoms with Gasteiger partial charge in [0.2, 0.25) is 11.7 Å². The first-order chi connectivity index (χ1) is 11.1. The minimum Gasteiger partial charge on any atom is -0.347 e. The van der Waals surface area contributed by atoms with Gasteiger partial charge in [0.15, 0.2) is 0 Å². The molecule has 1 atom stereocenters. The van der Waals surface area contributed by atoms with Gasteiger partial charge in [-0.05, 0) is 47.8 Å². The molecule has 8 heteroatoms. The van der Waals surface area contributed by atoms with Crippen LogP contribution in [0.15, 0.2) is 41.8 Å². The first kappa shape index (κ1) is 15.6. The van der Waals surface area contributed by atoms with Gasteiger partial charge in [-0.15, -0.1) is 21.5 Å². The summed E-state index contributed by atoms with van der Waals surface area (Å²) in [7, 11) is 0. The van der Waals surface area contributed by atoms with Crippen LogP contribution in [0.1, 0.15) is 17.8 Å². The first-order valence-electron chi connectivity index (χ1n) is 6.98. The van der Waals surface area contributed by atoms with Gasteiger partial charge >= 0.3 is 0 Å². The lowest BCUT2D eigenvalue weighted by atomic mass is 10.2. The number of benzene rings is 1. The van der Waals surface area contributed by atoms with Crippen LogP contribution in [0, 0.1) is 0 Å². The summed E-state index contributed by atoms with van der Waals surface area (Å²) in [6, 6.07) is 11.0. The molecular weight excluding hydrogens is 334 g/mol. The van der Waals surface area contributed by atoms with E-state index >= 15 is 0 Å². The predicted molar refractivity (Wildman–Crippen MR) is 89.1 cm³/mol. The Morgan fingerprint density at radius 1 is 1.35 bits per heavy atom. The Kier molecular flexibility index (Phi) is 4.68. The van der Waals surface area contributed by atoms with Crippen molar-refractivity contribution in [2.45, 2.75) is 19.5 Å². The average molecular weight is 348 g/mol. The Morgan fingerprint density at radius 3 is 2.83 bits per heavy atom. The Morgan fingerprint density at radius 2 is 2.13 bits per heavy atom. The molecule has 0 aliphatic heterocycles. The number of carbonyl (C=O) groups excluding carboxylic acids is 1. The summed E-state index contributed by atoms with van der Waals surface area (Å²) in [5.74, 6) is 0.298. The van der Waals surface area contributed by atoms with Crippen LogP contribution in [0.4, 0.5) is 0 Å². The molecule has 1 N–H and O–H groups in total. The fourth-order valence-corrected chi connectivity index (χ4v) is 2.91. The quantitative estimate of drug-likeness (QED) is 0.770. The van der Waals surface area contributed by atoms with Gasteiger partial charge in [0.05, 0.1) is 6.04 Å². The van der Waals surface area contributed by atoms with Crippen molar-refractivity contribution in [2.24, 2.45) is 0 Å². The van der Waals surface area contributed by atoms with Crippen LogP contribution in [0.3, 0.4) is 0 Å². The summed E-state index contributed by atoms with van der Waals surface area (Å²) in [5.41, 5.74) is 0.799.